The van der Waals surface area contributed by atoms with E-state index in [1.165, 1.54) is 13.2 Å². The molecule has 1 fully saturated rings. The summed E-state index contributed by atoms with van der Waals surface area (Å²) < 4.78 is 57.9. The second-order valence-corrected chi connectivity index (χ2v) is 10.9. The van der Waals surface area contributed by atoms with Gasteiger partial charge in [0.1, 0.15) is 5.75 Å². The van der Waals surface area contributed by atoms with Crippen LogP contribution in [0.1, 0.15) is 12.8 Å². The van der Waals surface area contributed by atoms with Gasteiger partial charge >= 0.3 is 0 Å². The summed E-state index contributed by atoms with van der Waals surface area (Å²) in [6.45, 7) is 1.71. The van der Waals surface area contributed by atoms with Gasteiger partial charge in [0.2, 0.25) is 10.0 Å². The van der Waals surface area contributed by atoms with E-state index in [2.05, 4.69) is 9.62 Å². The van der Waals surface area contributed by atoms with Crippen LogP contribution < -0.4 is 9.46 Å². The second-order valence-electron chi connectivity index (χ2n) is 7.05. The summed E-state index contributed by atoms with van der Waals surface area (Å²) in [5, 5.41) is 0. The van der Waals surface area contributed by atoms with Gasteiger partial charge in [-0.25, -0.2) is 21.6 Å². The van der Waals surface area contributed by atoms with E-state index < -0.39 is 19.9 Å². The molecule has 29 heavy (non-hydrogen) atoms. The minimum atomic E-state index is -3.53. The van der Waals surface area contributed by atoms with E-state index in [1.807, 2.05) is 0 Å². The highest BCUT2D eigenvalue weighted by molar-refractivity contribution is 7.91. The average molecular weight is 439 g/mol. The number of rotatable bonds is 8. The van der Waals surface area contributed by atoms with E-state index in [-0.39, 0.29) is 21.6 Å². The number of piperidine rings is 1. The lowest BCUT2D eigenvalue weighted by Gasteiger charge is -2.32. The molecule has 0 radical (unpaired) electrons. The van der Waals surface area contributed by atoms with Gasteiger partial charge in [0, 0.05) is 12.6 Å². The standard InChI is InChI=1S/C20H26N2O5S2/c1-27-18-6-5-9-20(16-18)28(23,24)15-14-22-12-10-17(11-13-22)21-29(25,26)19-7-3-2-4-8-19/h2-9,16-17,21H,10-15H2,1H3. The Morgan fingerprint density at radius 1 is 0.966 bits per heavy atom. The first-order valence-electron chi connectivity index (χ1n) is 9.47. The maximum Gasteiger partial charge on any atom is 0.240 e. The fourth-order valence-electron chi connectivity index (χ4n) is 3.32. The van der Waals surface area contributed by atoms with Crippen LogP contribution in [0, 0.1) is 0 Å². The smallest absolute Gasteiger partial charge is 0.240 e. The minimum absolute atomic E-state index is 0.0145. The van der Waals surface area contributed by atoms with Gasteiger partial charge in [0.15, 0.2) is 9.84 Å². The molecular weight excluding hydrogens is 412 g/mol. The monoisotopic (exact) mass is 438 g/mol. The zero-order valence-corrected chi connectivity index (χ0v) is 18.0. The highest BCUT2D eigenvalue weighted by Gasteiger charge is 2.25. The predicted molar refractivity (Wildman–Crippen MR) is 111 cm³/mol. The number of nitrogens with one attached hydrogen (secondary N) is 1. The van der Waals surface area contributed by atoms with Crippen molar-refractivity contribution in [1.29, 1.82) is 0 Å². The number of nitrogens with zero attached hydrogens (tertiary/aromatic N) is 1. The molecule has 7 nitrogen and oxygen atoms in total. The van der Waals surface area contributed by atoms with Gasteiger partial charge in [-0.05, 0) is 56.3 Å². The number of methoxy groups -OCH3 is 1. The molecule has 0 aliphatic carbocycles. The average Bonchev–Trinajstić information content (AvgIpc) is 2.74. The van der Waals surface area contributed by atoms with E-state index in [4.69, 9.17) is 4.74 Å². The molecule has 1 aliphatic heterocycles. The largest absolute Gasteiger partial charge is 0.497 e. The molecule has 0 atom stereocenters. The van der Waals surface area contributed by atoms with Crippen LogP contribution >= 0.6 is 0 Å². The number of sulfonamides is 1. The first-order valence-corrected chi connectivity index (χ1v) is 12.6. The fourth-order valence-corrected chi connectivity index (χ4v) is 5.97. The summed E-state index contributed by atoms with van der Waals surface area (Å²) in [5.74, 6) is 0.526. The number of likely N-dealkylation sites (tertiary alicyclic amines) is 1. The summed E-state index contributed by atoms with van der Waals surface area (Å²) in [5.41, 5.74) is 0. The Bertz CT molecular complexity index is 1020. The molecule has 1 saturated heterocycles. The Labute approximate surface area is 172 Å². The predicted octanol–water partition coefficient (Wildman–Crippen LogP) is 1.91. The molecule has 0 amide bonds. The second kappa shape index (κ2) is 9.25. The van der Waals surface area contributed by atoms with Crippen molar-refractivity contribution in [1.82, 2.24) is 9.62 Å². The number of benzene rings is 2. The van der Waals surface area contributed by atoms with Crippen molar-refractivity contribution in [3.05, 3.63) is 54.6 Å². The lowest BCUT2D eigenvalue weighted by Crippen LogP contribution is -2.45. The SMILES string of the molecule is COc1cccc(S(=O)(=O)CCN2CCC(NS(=O)(=O)c3ccccc3)CC2)c1. The Balaban J connectivity index is 1.51. The third-order valence-corrected chi connectivity index (χ3v) is 8.27. The Morgan fingerprint density at radius 2 is 1.62 bits per heavy atom. The van der Waals surface area contributed by atoms with Crippen LogP contribution in [0.4, 0.5) is 0 Å². The number of ether oxygens (including phenoxy) is 1. The normalized spacial score (nSPS) is 16.6. The van der Waals surface area contributed by atoms with Crippen molar-refractivity contribution in [3.8, 4) is 5.75 Å². The van der Waals surface area contributed by atoms with E-state index in [0.29, 0.717) is 38.2 Å². The van der Waals surface area contributed by atoms with Crippen LogP contribution in [-0.4, -0.2) is 60.3 Å². The van der Waals surface area contributed by atoms with Crippen molar-refractivity contribution in [3.63, 3.8) is 0 Å². The zero-order chi connectivity index (χ0) is 20.9. The summed E-state index contributed by atoms with van der Waals surface area (Å²) in [6, 6.07) is 14.6. The number of sulfone groups is 1. The van der Waals surface area contributed by atoms with E-state index in [0.717, 1.165) is 0 Å². The molecule has 3 rings (SSSR count). The van der Waals surface area contributed by atoms with E-state index >= 15 is 0 Å². The summed E-state index contributed by atoms with van der Waals surface area (Å²) in [4.78, 5) is 2.57. The first-order chi connectivity index (χ1) is 13.8. The summed E-state index contributed by atoms with van der Waals surface area (Å²) in [7, 11) is -5.43. The van der Waals surface area contributed by atoms with Crippen molar-refractivity contribution < 1.29 is 21.6 Å². The molecule has 1 heterocycles. The maximum atomic E-state index is 12.6. The lowest BCUT2D eigenvalue weighted by atomic mass is 10.1. The Morgan fingerprint density at radius 3 is 2.28 bits per heavy atom. The third kappa shape index (κ3) is 5.79. The topological polar surface area (TPSA) is 92.8 Å². The molecule has 0 aromatic heterocycles. The third-order valence-electron chi connectivity index (χ3n) is 5.04. The van der Waals surface area contributed by atoms with Crippen LogP contribution in [0.5, 0.6) is 5.75 Å². The van der Waals surface area contributed by atoms with Crippen LogP contribution in [0.25, 0.3) is 0 Å². The van der Waals surface area contributed by atoms with Crippen molar-refractivity contribution in [2.45, 2.75) is 28.7 Å². The molecule has 2 aromatic rings. The van der Waals surface area contributed by atoms with Gasteiger partial charge < -0.3 is 9.64 Å². The number of hydrogen-bond donors (Lipinski definition) is 1. The van der Waals surface area contributed by atoms with Crippen LogP contribution in [-0.2, 0) is 19.9 Å². The molecule has 0 unspecified atom stereocenters. The molecule has 0 spiro atoms. The van der Waals surface area contributed by atoms with Crippen molar-refractivity contribution in [2.75, 3.05) is 32.5 Å². The summed E-state index contributed by atoms with van der Waals surface area (Å²) in [6.07, 6.45) is 1.29. The van der Waals surface area contributed by atoms with Crippen LogP contribution in [0.15, 0.2) is 64.4 Å². The zero-order valence-electron chi connectivity index (χ0n) is 16.3. The van der Waals surface area contributed by atoms with Gasteiger partial charge in [-0.2, -0.15) is 0 Å². The van der Waals surface area contributed by atoms with Gasteiger partial charge in [-0.3, -0.25) is 0 Å². The molecule has 2 aromatic carbocycles. The molecule has 0 saturated carbocycles. The van der Waals surface area contributed by atoms with Crippen LogP contribution in [0.2, 0.25) is 0 Å². The summed E-state index contributed by atoms with van der Waals surface area (Å²) >= 11 is 0. The van der Waals surface area contributed by atoms with E-state index in [9.17, 15) is 16.8 Å². The van der Waals surface area contributed by atoms with Gasteiger partial charge in [0.05, 0.1) is 22.7 Å². The van der Waals surface area contributed by atoms with Crippen molar-refractivity contribution in [2.24, 2.45) is 0 Å². The van der Waals surface area contributed by atoms with E-state index in [1.54, 1.807) is 48.5 Å². The minimum Gasteiger partial charge on any atom is -0.497 e. The quantitative estimate of drug-likeness (QED) is 0.677. The van der Waals surface area contributed by atoms with Crippen LogP contribution in [0.3, 0.4) is 0 Å². The lowest BCUT2D eigenvalue weighted by molar-refractivity contribution is 0.217. The molecule has 9 heteroatoms. The molecule has 0 bridgehead atoms. The first kappa shape index (κ1) is 21.8. The molecule has 158 valence electrons. The molecule has 1 aliphatic rings. The Kier molecular flexibility index (Phi) is 6.94. The Hall–Kier alpha value is -1.94. The molecule has 1 N–H and O–H groups in total. The van der Waals surface area contributed by atoms with Crippen molar-refractivity contribution >= 4 is 19.9 Å². The van der Waals surface area contributed by atoms with Gasteiger partial charge in [-0.1, -0.05) is 24.3 Å². The highest BCUT2D eigenvalue weighted by atomic mass is 32.2. The van der Waals surface area contributed by atoms with Gasteiger partial charge in [0.25, 0.3) is 0 Å². The maximum absolute atomic E-state index is 12.6. The highest BCUT2D eigenvalue weighted by Crippen LogP contribution is 2.19. The molecular formula is C20H26N2O5S2. The fraction of sp³-hybridized carbons (Fsp3) is 0.400. The van der Waals surface area contributed by atoms with Gasteiger partial charge in [-0.15, -0.1) is 0 Å². The number of hydrogen-bond acceptors (Lipinski definition) is 6.